The van der Waals surface area contributed by atoms with Gasteiger partial charge in [-0.05, 0) is 23.8 Å². The monoisotopic (exact) mass is 210 g/mol. The third-order valence-corrected chi connectivity index (χ3v) is 2.48. The fourth-order valence-corrected chi connectivity index (χ4v) is 1.72. The van der Waals surface area contributed by atoms with Crippen LogP contribution in [0.1, 0.15) is 5.56 Å². The molecule has 0 saturated carbocycles. The molecule has 1 aromatic carbocycles. The highest BCUT2D eigenvalue weighted by Gasteiger charge is 1.98. The average Bonchev–Trinajstić information content (AvgIpc) is 2.82. The van der Waals surface area contributed by atoms with Gasteiger partial charge in [-0.25, -0.2) is 9.67 Å². The number of benzene rings is 1. The van der Waals surface area contributed by atoms with Crippen LogP contribution in [0.2, 0.25) is 0 Å². The molecule has 0 radical (unpaired) electrons. The van der Waals surface area contributed by atoms with Crippen molar-refractivity contribution in [2.24, 2.45) is 0 Å². The number of fused-ring (bicyclic) bond motifs is 1. The van der Waals surface area contributed by atoms with Gasteiger partial charge in [0.2, 0.25) is 0 Å². The van der Waals surface area contributed by atoms with E-state index in [1.807, 2.05) is 12.1 Å². The molecule has 2 aromatic heterocycles. The highest BCUT2D eigenvalue weighted by molar-refractivity contribution is 5.78. The summed E-state index contributed by atoms with van der Waals surface area (Å²) in [5.74, 6) is 0. The van der Waals surface area contributed by atoms with Crippen molar-refractivity contribution in [2.45, 2.75) is 6.54 Å². The van der Waals surface area contributed by atoms with Gasteiger partial charge in [0, 0.05) is 11.6 Å². The molecular formula is C12H10N4. The second-order valence-electron chi connectivity index (χ2n) is 3.62. The second-order valence-corrected chi connectivity index (χ2v) is 3.62. The molecule has 0 aliphatic heterocycles. The maximum absolute atomic E-state index is 4.28. The van der Waals surface area contributed by atoms with Crippen LogP contribution in [-0.4, -0.2) is 19.7 Å². The Morgan fingerprint density at radius 2 is 2.19 bits per heavy atom. The minimum absolute atomic E-state index is 0.741. The lowest BCUT2D eigenvalue weighted by molar-refractivity contribution is 0.685. The summed E-state index contributed by atoms with van der Waals surface area (Å²) in [6.07, 6.45) is 5.06. The maximum atomic E-state index is 4.28. The summed E-state index contributed by atoms with van der Waals surface area (Å²) in [6, 6.07) is 10.2. The van der Waals surface area contributed by atoms with Gasteiger partial charge in [0.05, 0.1) is 12.1 Å². The van der Waals surface area contributed by atoms with E-state index in [1.54, 1.807) is 23.5 Å². The molecule has 0 aliphatic rings. The first-order valence-electron chi connectivity index (χ1n) is 5.08. The lowest BCUT2D eigenvalue weighted by Crippen LogP contribution is -1.99. The second kappa shape index (κ2) is 3.73. The van der Waals surface area contributed by atoms with Crippen LogP contribution in [0.4, 0.5) is 0 Å². The van der Waals surface area contributed by atoms with Crippen LogP contribution in [0.5, 0.6) is 0 Å². The van der Waals surface area contributed by atoms with E-state index >= 15 is 0 Å². The van der Waals surface area contributed by atoms with Crippen LogP contribution in [0.15, 0.2) is 49.2 Å². The fraction of sp³-hybridized carbons (Fsp3) is 0.0833. The number of hydrogen-bond donors (Lipinski definition) is 0. The van der Waals surface area contributed by atoms with E-state index in [-0.39, 0.29) is 0 Å². The molecule has 4 nitrogen and oxygen atoms in total. The Bertz CT molecular complexity index is 601. The van der Waals surface area contributed by atoms with Crippen LogP contribution in [0.25, 0.3) is 10.9 Å². The molecule has 0 N–H and O–H groups in total. The summed E-state index contributed by atoms with van der Waals surface area (Å²) in [6.45, 7) is 0.741. The lowest BCUT2D eigenvalue weighted by atomic mass is 10.1. The summed E-state index contributed by atoms with van der Waals surface area (Å²) in [5.41, 5.74) is 2.22. The molecule has 0 unspecified atom stereocenters. The fourth-order valence-electron chi connectivity index (χ4n) is 1.72. The minimum Gasteiger partial charge on any atom is -0.256 e. The third-order valence-electron chi connectivity index (χ3n) is 2.48. The lowest BCUT2D eigenvalue weighted by Gasteiger charge is -2.02. The molecule has 3 rings (SSSR count). The Morgan fingerprint density at radius 1 is 1.19 bits per heavy atom. The van der Waals surface area contributed by atoms with E-state index in [9.17, 15) is 0 Å². The van der Waals surface area contributed by atoms with E-state index < -0.39 is 0 Å². The van der Waals surface area contributed by atoms with Crippen LogP contribution < -0.4 is 0 Å². The van der Waals surface area contributed by atoms with Crippen molar-refractivity contribution in [1.82, 2.24) is 19.7 Å². The smallest absolute Gasteiger partial charge is 0.137 e. The molecule has 78 valence electrons. The van der Waals surface area contributed by atoms with Gasteiger partial charge in [-0.2, -0.15) is 5.10 Å². The van der Waals surface area contributed by atoms with Crippen molar-refractivity contribution in [2.75, 3.05) is 0 Å². The van der Waals surface area contributed by atoms with Crippen LogP contribution in [0, 0.1) is 0 Å². The van der Waals surface area contributed by atoms with Crippen LogP contribution in [-0.2, 0) is 6.54 Å². The van der Waals surface area contributed by atoms with Crippen molar-refractivity contribution < 1.29 is 0 Å². The van der Waals surface area contributed by atoms with Gasteiger partial charge in [-0.1, -0.05) is 12.1 Å². The summed E-state index contributed by atoms with van der Waals surface area (Å²) in [5, 5.41) is 5.23. The van der Waals surface area contributed by atoms with Crippen molar-refractivity contribution in [3.8, 4) is 0 Å². The summed E-state index contributed by atoms with van der Waals surface area (Å²) >= 11 is 0. The van der Waals surface area contributed by atoms with E-state index in [1.165, 1.54) is 5.56 Å². The van der Waals surface area contributed by atoms with Gasteiger partial charge in [-0.3, -0.25) is 4.98 Å². The molecular weight excluding hydrogens is 200 g/mol. The van der Waals surface area contributed by atoms with Crippen LogP contribution >= 0.6 is 0 Å². The molecule has 4 heteroatoms. The van der Waals surface area contributed by atoms with E-state index in [2.05, 4.69) is 33.3 Å². The molecule has 2 heterocycles. The summed E-state index contributed by atoms with van der Waals surface area (Å²) < 4.78 is 1.80. The van der Waals surface area contributed by atoms with E-state index in [0.29, 0.717) is 0 Å². The molecule has 0 fully saturated rings. The SMILES string of the molecule is c1cnc2ccc(Cn3cncn3)cc2c1. The molecule has 0 amide bonds. The van der Waals surface area contributed by atoms with Crippen molar-refractivity contribution in [3.63, 3.8) is 0 Å². The highest BCUT2D eigenvalue weighted by atomic mass is 15.3. The predicted molar refractivity (Wildman–Crippen MR) is 60.9 cm³/mol. The van der Waals surface area contributed by atoms with Crippen molar-refractivity contribution in [1.29, 1.82) is 0 Å². The zero-order chi connectivity index (χ0) is 10.8. The number of pyridine rings is 1. The first kappa shape index (κ1) is 9.03. The number of aromatic nitrogens is 4. The first-order chi connectivity index (χ1) is 7.92. The van der Waals surface area contributed by atoms with Gasteiger partial charge >= 0.3 is 0 Å². The van der Waals surface area contributed by atoms with E-state index in [4.69, 9.17) is 0 Å². The Balaban J connectivity index is 1.99. The molecule has 16 heavy (non-hydrogen) atoms. The molecule has 0 saturated heterocycles. The number of hydrogen-bond acceptors (Lipinski definition) is 3. The maximum Gasteiger partial charge on any atom is 0.137 e. The quantitative estimate of drug-likeness (QED) is 0.648. The summed E-state index contributed by atoms with van der Waals surface area (Å²) in [7, 11) is 0. The Kier molecular flexibility index (Phi) is 2.11. The third kappa shape index (κ3) is 1.65. The van der Waals surface area contributed by atoms with Gasteiger partial charge in [0.1, 0.15) is 12.7 Å². The minimum atomic E-state index is 0.741. The van der Waals surface area contributed by atoms with Gasteiger partial charge < -0.3 is 0 Å². The Hall–Kier alpha value is -2.23. The summed E-state index contributed by atoms with van der Waals surface area (Å²) in [4.78, 5) is 8.20. The van der Waals surface area contributed by atoms with Gasteiger partial charge in [0.25, 0.3) is 0 Å². The largest absolute Gasteiger partial charge is 0.256 e. The predicted octanol–water partition coefficient (Wildman–Crippen LogP) is 1.87. The molecule has 0 bridgehead atoms. The number of rotatable bonds is 2. The first-order valence-corrected chi connectivity index (χ1v) is 5.08. The Morgan fingerprint density at radius 3 is 3.06 bits per heavy atom. The van der Waals surface area contributed by atoms with Crippen LogP contribution in [0.3, 0.4) is 0 Å². The molecule has 0 spiro atoms. The number of nitrogens with zero attached hydrogens (tertiary/aromatic N) is 4. The topological polar surface area (TPSA) is 43.6 Å². The van der Waals surface area contributed by atoms with Crippen molar-refractivity contribution >= 4 is 10.9 Å². The zero-order valence-corrected chi connectivity index (χ0v) is 8.61. The highest BCUT2D eigenvalue weighted by Crippen LogP contribution is 2.13. The Labute approximate surface area is 92.6 Å². The standard InChI is InChI=1S/C12H10N4/c1-2-11-6-10(3-4-12(11)14-5-1)7-16-9-13-8-15-16/h1-6,8-9H,7H2. The van der Waals surface area contributed by atoms with Crippen molar-refractivity contribution in [3.05, 3.63) is 54.7 Å². The zero-order valence-electron chi connectivity index (χ0n) is 8.61. The molecule has 0 aliphatic carbocycles. The molecule has 3 aromatic rings. The average molecular weight is 210 g/mol. The molecule has 0 atom stereocenters. The normalized spacial score (nSPS) is 10.8. The van der Waals surface area contributed by atoms with Gasteiger partial charge in [-0.15, -0.1) is 0 Å². The van der Waals surface area contributed by atoms with E-state index in [0.717, 1.165) is 17.4 Å². The van der Waals surface area contributed by atoms with Gasteiger partial charge in [0.15, 0.2) is 0 Å².